The van der Waals surface area contributed by atoms with Crippen LogP contribution in [0.1, 0.15) is 5.76 Å². The lowest BCUT2D eigenvalue weighted by Crippen LogP contribution is -2.65. The summed E-state index contributed by atoms with van der Waals surface area (Å²) in [5, 5.41) is 7.29. The van der Waals surface area contributed by atoms with Gasteiger partial charge in [-0.1, -0.05) is 16.8 Å². The van der Waals surface area contributed by atoms with Crippen LogP contribution in [0.25, 0.3) is 0 Å². The number of rotatable bonds is 2. The van der Waals surface area contributed by atoms with Crippen molar-refractivity contribution in [3.05, 3.63) is 35.0 Å². The number of nitrogens with one attached hydrogen (secondary N) is 2. The highest BCUT2D eigenvalue weighted by Gasteiger charge is 2.65. The van der Waals surface area contributed by atoms with Crippen molar-refractivity contribution in [3.8, 4) is 11.5 Å². The molecular formula is C13H9ClF3N3O4. The highest BCUT2D eigenvalue weighted by molar-refractivity contribution is 6.30. The molecule has 0 saturated carbocycles. The molecule has 1 aliphatic heterocycles. The average Bonchev–Trinajstić information content (AvgIpc) is 3.01. The third kappa shape index (κ3) is 2.92. The first-order valence-electron chi connectivity index (χ1n) is 6.45. The minimum absolute atomic E-state index is 0.0686. The largest absolute Gasteiger partial charge is 0.492 e. The minimum Gasteiger partial charge on any atom is -0.424 e. The summed E-state index contributed by atoms with van der Waals surface area (Å²) in [6, 6.07) is 3.75. The number of carbonyl (C=O) groups is 1. The van der Waals surface area contributed by atoms with Gasteiger partial charge in [0.15, 0.2) is 17.3 Å². The number of benzene rings is 1. The number of amides is 2. The molecule has 0 spiro atoms. The summed E-state index contributed by atoms with van der Waals surface area (Å²) in [5.74, 6) is -3.55. The molecule has 1 aliphatic rings. The van der Waals surface area contributed by atoms with E-state index in [1.165, 1.54) is 18.2 Å². The molecule has 3 rings (SSSR count). The van der Waals surface area contributed by atoms with Crippen LogP contribution in [0.4, 0.5) is 23.8 Å². The highest BCUT2D eigenvalue weighted by Crippen LogP contribution is 2.46. The van der Waals surface area contributed by atoms with Gasteiger partial charge in [0, 0.05) is 17.2 Å². The third-order valence-corrected chi connectivity index (χ3v) is 3.17. The van der Waals surface area contributed by atoms with Gasteiger partial charge in [0.05, 0.1) is 0 Å². The SMILES string of the molecule is Cc1cc(NC(=O)N[C@]2(C(F)(F)F)Oc3ccc(Cl)cc3O2)no1. The van der Waals surface area contributed by atoms with Crippen molar-refractivity contribution >= 4 is 23.4 Å². The number of ether oxygens (including phenoxy) is 2. The van der Waals surface area contributed by atoms with Gasteiger partial charge in [-0.15, -0.1) is 0 Å². The Bertz CT molecular complexity index is 795. The maximum Gasteiger partial charge on any atom is 0.492 e. The van der Waals surface area contributed by atoms with Crippen LogP contribution in [0.5, 0.6) is 11.5 Å². The van der Waals surface area contributed by atoms with Crippen molar-refractivity contribution in [3.63, 3.8) is 0 Å². The van der Waals surface area contributed by atoms with Crippen LogP contribution >= 0.6 is 11.6 Å². The number of hydrogen-bond donors (Lipinski definition) is 2. The van der Waals surface area contributed by atoms with Crippen LogP contribution in [0.3, 0.4) is 0 Å². The van der Waals surface area contributed by atoms with Crippen LogP contribution < -0.4 is 20.1 Å². The lowest BCUT2D eigenvalue weighted by Gasteiger charge is -2.29. The van der Waals surface area contributed by atoms with Gasteiger partial charge in [-0.25, -0.2) is 4.79 Å². The number of urea groups is 1. The Morgan fingerprint density at radius 3 is 2.58 bits per heavy atom. The first kappa shape index (κ1) is 16.2. The summed E-state index contributed by atoms with van der Waals surface area (Å²) in [5.41, 5.74) is 0. The van der Waals surface area contributed by atoms with Crippen LogP contribution in [-0.2, 0) is 0 Å². The molecular weight excluding hydrogens is 355 g/mol. The monoisotopic (exact) mass is 363 g/mol. The summed E-state index contributed by atoms with van der Waals surface area (Å²) in [7, 11) is 0. The molecule has 0 unspecified atom stereocenters. The standard InChI is InChI=1S/C13H9ClF3N3O4/c1-6-4-10(20-24-6)18-11(21)19-13(12(15,16)17)22-8-3-2-7(14)5-9(8)23-13/h2-5H,1H3,(H2,18,19,20,21)/t13-/m1/s1. The number of carbonyl (C=O) groups excluding carboxylic acids is 1. The van der Waals surface area contributed by atoms with Crippen molar-refractivity contribution in [2.24, 2.45) is 0 Å². The van der Waals surface area contributed by atoms with Gasteiger partial charge in [0.25, 0.3) is 0 Å². The van der Waals surface area contributed by atoms with E-state index in [4.69, 9.17) is 25.6 Å². The second-order valence-corrected chi connectivity index (χ2v) is 5.25. The second kappa shape index (κ2) is 5.48. The molecule has 2 heterocycles. The molecule has 24 heavy (non-hydrogen) atoms. The van der Waals surface area contributed by atoms with Crippen LogP contribution in [0.15, 0.2) is 28.8 Å². The number of alkyl halides is 3. The van der Waals surface area contributed by atoms with Gasteiger partial charge in [0.1, 0.15) is 5.76 Å². The van der Waals surface area contributed by atoms with Crippen LogP contribution in [-0.4, -0.2) is 23.3 Å². The van der Waals surface area contributed by atoms with Crippen LogP contribution in [0, 0.1) is 6.92 Å². The molecule has 0 bridgehead atoms. The molecule has 0 fully saturated rings. The van der Waals surface area contributed by atoms with E-state index in [1.807, 2.05) is 0 Å². The third-order valence-electron chi connectivity index (χ3n) is 2.93. The Morgan fingerprint density at radius 2 is 1.96 bits per heavy atom. The summed E-state index contributed by atoms with van der Waals surface area (Å²) in [6.45, 7) is 1.55. The topological polar surface area (TPSA) is 85.6 Å². The number of fused-ring (bicyclic) bond motifs is 1. The number of aryl methyl sites for hydroxylation is 1. The molecule has 1 aromatic carbocycles. The zero-order valence-corrected chi connectivity index (χ0v) is 12.7. The van der Waals surface area contributed by atoms with Gasteiger partial charge in [0.2, 0.25) is 0 Å². The molecule has 1 aromatic heterocycles. The highest BCUT2D eigenvalue weighted by atomic mass is 35.5. The maximum atomic E-state index is 13.4. The predicted molar refractivity (Wildman–Crippen MR) is 74.9 cm³/mol. The molecule has 0 saturated heterocycles. The van der Waals surface area contributed by atoms with Gasteiger partial charge in [-0.05, 0) is 19.1 Å². The predicted octanol–water partition coefficient (Wildman–Crippen LogP) is 3.45. The summed E-state index contributed by atoms with van der Waals surface area (Å²) in [4.78, 5) is 11.9. The fraction of sp³-hybridized carbons (Fsp3) is 0.231. The van der Waals surface area contributed by atoms with E-state index >= 15 is 0 Å². The van der Waals surface area contributed by atoms with E-state index < -0.39 is 18.1 Å². The van der Waals surface area contributed by atoms with E-state index in [1.54, 1.807) is 12.2 Å². The molecule has 2 N–H and O–H groups in total. The van der Waals surface area contributed by atoms with Crippen molar-refractivity contribution in [1.82, 2.24) is 10.5 Å². The Hall–Kier alpha value is -2.62. The normalized spacial score (nSPS) is 19.2. The maximum absolute atomic E-state index is 13.4. The Balaban J connectivity index is 1.82. The molecule has 0 radical (unpaired) electrons. The van der Waals surface area contributed by atoms with E-state index in [-0.39, 0.29) is 22.3 Å². The first-order valence-corrected chi connectivity index (χ1v) is 6.83. The lowest BCUT2D eigenvalue weighted by molar-refractivity contribution is -0.317. The molecule has 7 nitrogen and oxygen atoms in total. The van der Waals surface area contributed by atoms with Crippen LogP contribution in [0.2, 0.25) is 5.02 Å². The van der Waals surface area contributed by atoms with Crippen molar-refractivity contribution in [2.75, 3.05) is 5.32 Å². The molecule has 11 heteroatoms. The average molecular weight is 364 g/mol. The number of anilines is 1. The van der Waals surface area contributed by atoms with Gasteiger partial charge >= 0.3 is 18.1 Å². The number of hydrogen-bond acceptors (Lipinski definition) is 5. The van der Waals surface area contributed by atoms with Gasteiger partial charge < -0.3 is 14.0 Å². The molecule has 1 atom stereocenters. The van der Waals surface area contributed by atoms with Crippen molar-refractivity contribution in [1.29, 1.82) is 0 Å². The first-order chi connectivity index (χ1) is 11.2. The van der Waals surface area contributed by atoms with E-state index in [9.17, 15) is 18.0 Å². The number of nitrogens with zero attached hydrogens (tertiary/aromatic N) is 1. The Kier molecular flexibility index (Phi) is 3.71. The smallest absolute Gasteiger partial charge is 0.424 e. The zero-order valence-electron chi connectivity index (χ0n) is 11.9. The quantitative estimate of drug-likeness (QED) is 0.853. The fourth-order valence-electron chi connectivity index (χ4n) is 1.94. The van der Waals surface area contributed by atoms with Crippen molar-refractivity contribution in [2.45, 2.75) is 19.0 Å². The Labute approximate surface area is 137 Å². The van der Waals surface area contributed by atoms with Crippen molar-refractivity contribution < 1.29 is 32.0 Å². The zero-order chi connectivity index (χ0) is 17.5. The number of aromatic nitrogens is 1. The fourth-order valence-corrected chi connectivity index (χ4v) is 2.10. The lowest BCUT2D eigenvalue weighted by atomic mass is 10.3. The molecule has 2 aromatic rings. The summed E-state index contributed by atoms with van der Waals surface area (Å²) >= 11 is 5.71. The molecule has 2 amide bonds. The molecule has 128 valence electrons. The molecule has 0 aliphatic carbocycles. The van der Waals surface area contributed by atoms with Gasteiger partial charge in [-0.3, -0.25) is 10.6 Å². The van der Waals surface area contributed by atoms with E-state index in [0.717, 1.165) is 6.07 Å². The van der Waals surface area contributed by atoms with Gasteiger partial charge in [-0.2, -0.15) is 13.2 Å². The number of halogens is 4. The second-order valence-electron chi connectivity index (χ2n) is 4.81. The summed E-state index contributed by atoms with van der Waals surface area (Å²) in [6.07, 6.45) is -5.07. The summed E-state index contributed by atoms with van der Waals surface area (Å²) < 4.78 is 54.6. The Morgan fingerprint density at radius 1 is 1.25 bits per heavy atom. The van der Waals surface area contributed by atoms with E-state index in [0.29, 0.717) is 5.76 Å². The van der Waals surface area contributed by atoms with E-state index in [2.05, 4.69) is 10.5 Å². The minimum atomic E-state index is -5.07.